The second-order valence-corrected chi connectivity index (χ2v) is 11.3. The zero-order chi connectivity index (χ0) is 20.8. The maximum Gasteiger partial charge on any atom is 0.252 e. The number of nitrogens with zero attached hydrogens (tertiary/aromatic N) is 2. The Labute approximate surface area is 180 Å². The number of rotatable bonds is 3. The van der Waals surface area contributed by atoms with E-state index in [1.807, 2.05) is 55.1 Å². The number of hydrogen-bond donors (Lipinski definition) is 0. The molecule has 0 spiro atoms. The Hall–Kier alpha value is -1.83. The van der Waals surface area contributed by atoms with Crippen LogP contribution >= 0.6 is 23.4 Å². The topological polar surface area (TPSA) is 66.8 Å². The number of aliphatic imine (C=N–C) groups is 1. The maximum atomic E-state index is 12.7. The van der Waals surface area contributed by atoms with Gasteiger partial charge in [-0.05, 0) is 37.1 Å². The van der Waals surface area contributed by atoms with Crippen LogP contribution < -0.4 is 4.90 Å². The summed E-state index contributed by atoms with van der Waals surface area (Å²) in [6.07, 6.45) is 0.209. The van der Waals surface area contributed by atoms with Crippen molar-refractivity contribution in [1.29, 1.82) is 0 Å². The van der Waals surface area contributed by atoms with E-state index in [1.165, 1.54) is 11.8 Å². The van der Waals surface area contributed by atoms with Gasteiger partial charge < -0.3 is 4.90 Å². The van der Waals surface area contributed by atoms with Gasteiger partial charge in [-0.1, -0.05) is 59.3 Å². The van der Waals surface area contributed by atoms with Gasteiger partial charge in [0, 0.05) is 16.0 Å². The Bertz CT molecular complexity index is 1100. The number of amides is 1. The molecule has 152 valence electrons. The van der Waals surface area contributed by atoms with E-state index in [0.29, 0.717) is 10.2 Å². The van der Waals surface area contributed by atoms with Crippen LogP contribution in [0.1, 0.15) is 16.7 Å². The van der Waals surface area contributed by atoms with Crippen molar-refractivity contribution in [2.24, 2.45) is 4.99 Å². The second kappa shape index (κ2) is 7.78. The smallest absolute Gasteiger partial charge is 0.252 e. The summed E-state index contributed by atoms with van der Waals surface area (Å²) >= 11 is 7.58. The molecule has 29 heavy (non-hydrogen) atoms. The molecule has 2 aromatic rings. The summed E-state index contributed by atoms with van der Waals surface area (Å²) in [5.41, 5.74) is 3.80. The first-order valence-electron chi connectivity index (χ1n) is 9.31. The van der Waals surface area contributed by atoms with Crippen molar-refractivity contribution in [2.75, 3.05) is 16.4 Å². The van der Waals surface area contributed by atoms with E-state index in [2.05, 4.69) is 4.99 Å². The largest absolute Gasteiger partial charge is 0.315 e. The molecule has 4 rings (SSSR count). The minimum absolute atomic E-state index is 0.0573. The summed E-state index contributed by atoms with van der Waals surface area (Å²) in [6.45, 7) is 3.94. The van der Waals surface area contributed by atoms with Crippen LogP contribution in [0.5, 0.6) is 0 Å². The minimum atomic E-state index is -3.11. The van der Waals surface area contributed by atoms with Crippen molar-refractivity contribution in [2.45, 2.75) is 31.6 Å². The molecule has 0 saturated carbocycles. The third-order valence-electron chi connectivity index (χ3n) is 5.19. The molecule has 2 heterocycles. The molecular weight excluding hydrogens is 428 g/mol. The zero-order valence-electron chi connectivity index (χ0n) is 16.1. The average Bonchev–Trinajstić information content (AvgIpc) is 3.10. The van der Waals surface area contributed by atoms with Crippen molar-refractivity contribution >= 4 is 50.0 Å². The molecule has 0 bridgehead atoms. The molecule has 2 aliphatic heterocycles. The summed E-state index contributed by atoms with van der Waals surface area (Å²) in [4.78, 5) is 18.9. The highest BCUT2D eigenvalue weighted by atomic mass is 35.5. The molecule has 0 aromatic heterocycles. The Balaban J connectivity index is 1.67. The van der Waals surface area contributed by atoms with Crippen LogP contribution in [0, 0.1) is 13.8 Å². The lowest BCUT2D eigenvalue weighted by atomic mass is 10.1. The fourth-order valence-corrected chi connectivity index (χ4v) is 7.81. The highest BCUT2D eigenvalue weighted by Gasteiger charge is 2.49. The molecule has 2 aromatic carbocycles. The van der Waals surface area contributed by atoms with Crippen LogP contribution in [0.3, 0.4) is 0 Å². The highest BCUT2D eigenvalue weighted by molar-refractivity contribution is 8.16. The molecule has 1 amide bonds. The van der Waals surface area contributed by atoms with Gasteiger partial charge in [0.05, 0.1) is 24.0 Å². The summed E-state index contributed by atoms with van der Waals surface area (Å²) in [5, 5.41) is 0.979. The molecule has 0 aliphatic carbocycles. The Kier molecular flexibility index (Phi) is 5.48. The molecule has 0 N–H and O–H groups in total. The lowest BCUT2D eigenvalue weighted by Crippen LogP contribution is -2.38. The number of thioether (sulfide) groups is 1. The number of carbonyl (C=O) groups is 1. The van der Waals surface area contributed by atoms with Crippen molar-refractivity contribution < 1.29 is 13.2 Å². The van der Waals surface area contributed by atoms with Gasteiger partial charge in [0.1, 0.15) is 0 Å². The first-order valence-corrected chi connectivity index (χ1v) is 12.4. The summed E-state index contributed by atoms with van der Waals surface area (Å²) in [6, 6.07) is 13.0. The number of amidine groups is 1. The molecule has 2 atom stereocenters. The van der Waals surface area contributed by atoms with Gasteiger partial charge in [-0.3, -0.25) is 4.79 Å². The Morgan fingerprint density at radius 3 is 2.62 bits per heavy atom. The molecule has 5 nitrogen and oxygen atoms in total. The van der Waals surface area contributed by atoms with Gasteiger partial charge in [0.2, 0.25) is 0 Å². The normalized spacial score (nSPS) is 24.1. The van der Waals surface area contributed by atoms with Crippen LogP contribution in [0.4, 0.5) is 5.69 Å². The fraction of sp³-hybridized carbons (Fsp3) is 0.333. The predicted octanol–water partition coefficient (Wildman–Crippen LogP) is 3.80. The first kappa shape index (κ1) is 20.4. The van der Waals surface area contributed by atoms with Crippen LogP contribution in [-0.2, 0) is 21.1 Å². The Morgan fingerprint density at radius 1 is 1.17 bits per heavy atom. The third-order valence-corrected chi connectivity index (χ3v) is 8.64. The van der Waals surface area contributed by atoms with E-state index in [9.17, 15) is 13.2 Å². The fourth-order valence-electron chi connectivity index (χ4n) is 3.72. The van der Waals surface area contributed by atoms with E-state index >= 15 is 0 Å². The molecule has 2 saturated heterocycles. The quantitative estimate of drug-likeness (QED) is 0.714. The number of halogens is 1. The SMILES string of the molecule is Cc1ccc(CC(=O)N=C2S[C@@H]3CS(=O)(=O)C[C@@H]3N2c2cc(Cl)ccc2C)cc1. The molecular formula is C21H21ClN2O3S2. The van der Waals surface area contributed by atoms with Gasteiger partial charge in [-0.15, -0.1) is 0 Å². The monoisotopic (exact) mass is 448 g/mol. The molecule has 0 unspecified atom stereocenters. The van der Waals surface area contributed by atoms with Gasteiger partial charge in [0.25, 0.3) is 5.91 Å². The molecule has 8 heteroatoms. The average molecular weight is 449 g/mol. The van der Waals surface area contributed by atoms with Gasteiger partial charge in [-0.2, -0.15) is 4.99 Å². The lowest BCUT2D eigenvalue weighted by molar-refractivity contribution is -0.117. The summed E-state index contributed by atoms with van der Waals surface area (Å²) < 4.78 is 24.4. The van der Waals surface area contributed by atoms with Crippen LogP contribution in [-0.4, -0.2) is 42.3 Å². The van der Waals surface area contributed by atoms with E-state index in [0.717, 1.165) is 22.4 Å². The number of sulfone groups is 1. The zero-order valence-corrected chi connectivity index (χ0v) is 18.5. The number of benzene rings is 2. The van der Waals surface area contributed by atoms with Crippen molar-refractivity contribution in [1.82, 2.24) is 0 Å². The number of anilines is 1. The number of aryl methyl sites for hydroxylation is 2. The van der Waals surface area contributed by atoms with Crippen LogP contribution in [0.25, 0.3) is 0 Å². The second-order valence-electron chi connectivity index (χ2n) is 7.55. The first-order chi connectivity index (χ1) is 13.7. The molecule has 2 aliphatic rings. The standard InChI is InChI=1S/C21H21ClN2O3S2/c1-13-3-6-15(7-4-13)9-20(25)23-21-24(17-10-16(22)8-5-14(17)2)18-11-29(26,27)12-19(18)28-21/h3-8,10,18-19H,9,11-12H2,1-2H3/t18-,19+/m0/s1. The minimum Gasteiger partial charge on any atom is -0.315 e. The maximum absolute atomic E-state index is 12.7. The van der Waals surface area contributed by atoms with E-state index < -0.39 is 9.84 Å². The Morgan fingerprint density at radius 2 is 1.90 bits per heavy atom. The van der Waals surface area contributed by atoms with Crippen LogP contribution in [0.2, 0.25) is 5.02 Å². The molecule has 2 fully saturated rings. The predicted molar refractivity (Wildman–Crippen MR) is 120 cm³/mol. The number of hydrogen-bond acceptors (Lipinski definition) is 4. The lowest BCUT2D eigenvalue weighted by Gasteiger charge is -2.26. The van der Waals surface area contributed by atoms with Gasteiger partial charge >= 0.3 is 0 Å². The summed E-state index contributed by atoms with van der Waals surface area (Å²) in [5.74, 6) is -0.0883. The van der Waals surface area contributed by atoms with Crippen molar-refractivity contribution in [3.05, 3.63) is 64.2 Å². The van der Waals surface area contributed by atoms with E-state index in [-0.39, 0.29) is 35.1 Å². The van der Waals surface area contributed by atoms with Crippen LogP contribution in [0.15, 0.2) is 47.5 Å². The number of carbonyl (C=O) groups excluding carboxylic acids is 1. The third kappa shape index (κ3) is 4.37. The molecule has 0 radical (unpaired) electrons. The van der Waals surface area contributed by atoms with Crippen molar-refractivity contribution in [3.8, 4) is 0 Å². The van der Waals surface area contributed by atoms with Gasteiger partial charge in [0.15, 0.2) is 15.0 Å². The highest BCUT2D eigenvalue weighted by Crippen LogP contribution is 2.42. The summed E-state index contributed by atoms with van der Waals surface area (Å²) in [7, 11) is -3.11. The van der Waals surface area contributed by atoms with Crippen molar-refractivity contribution in [3.63, 3.8) is 0 Å². The van der Waals surface area contributed by atoms with E-state index in [1.54, 1.807) is 6.07 Å². The van der Waals surface area contributed by atoms with E-state index in [4.69, 9.17) is 11.6 Å². The number of fused-ring (bicyclic) bond motifs is 1. The van der Waals surface area contributed by atoms with Gasteiger partial charge in [-0.25, -0.2) is 8.42 Å².